The van der Waals surface area contributed by atoms with Crippen molar-refractivity contribution in [3.8, 4) is 0 Å². The molecule has 6 heteroatoms. The molecule has 1 heterocycles. The van der Waals surface area contributed by atoms with E-state index in [-0.39, 0.29) is 24.9 Å². The van der Waals surface area contributed by atoms with E-state index in [9.17, 15) is 19.1 Å². The van der Waals surface area contributed by atoms with Gasteiger partial charge in [0.15, 0.2) is 0 Å². The molecular weight excluding hydrogens is 289 g/mol. The minimum Gasteiger partial charge on any atom is -0.481 e. The Morgan fingerprint density at radius 3 is 2.77 bits per heavy atom. The van der Waals surface area contributed by atoms with Crippen LogP contribution in [-0.4, -0.2) is 48.7 Å². The number of carbonyl (C=O) groups is 2. The number of ether oxygens (including phenoxy) is 1. The molecule has 1 N–H and O–H groups in total. The van der Waals surface area contributed by atoms with Crippen molar-refractivity contribution in [2.75, 3.05) is 26.8 Å². The lowest BCUT2D eigenvalue weighted by molar-refractivity contribution is -0.155. The Balaban J connectivity index is 2.22. The van der Waals surface area contributed by atoms with Crippen LogP contribution >= 0.6 is 0 Å². The number of carboxylic acid groups (broad SMARTS) is 1. The highest BCUT2D eigenvalue weighted by molar-refractivity contribution is 5.95. The SMILES string of the molecule is COCC1(C(=O)O)CCCN(C(=O)c2ccc(F)c(C)c2)C1. The van der Waals surface area contributed by atoms with E-state index < -0.39 is 11.4 Å². The van der Waals surface area contributed by atoms with Gasteiger partial charge in [-0.15, -0.1) is 0 Å². The molecule has 0 radical (unpaired) electrons. The Kier molecular flexibility index (Phi) is 4.81. The quantitative estimate of drug-likeness (QED) is 0.925. The van der Waals surface area contributed by atoms with Gasteiger partial charge in [0.1, 0.15) is 11.2 Å². The number of methoxy groups -OCH3 is 1. The molecule has 5 nitrogen and oxygen atoms in total. The molecule has 1 amide bonds. The van der Waals surface area contributed by atoms with Gasteiger partial charge in [-0.05, 0) is 43.5 Å². The van der Waals surface area contributed by atoms with Crippen molar-refractivity contribution < 1.29 is 23.8 Å². The summed E-state index contributed by atoms with van der Waals surface area (Å²) in [5.41, 5.74) is -0.306. The highest BCUT2D eigenvalue weighted by Gasteiger charge is 2.44. The van der Waals surface area contributed by atoms with Crippen LogP contribution < -0.4 is 0 Å². The van der Waals surface area contributed by atoms with E-state index in [1.54, 1.807) is 6.92 Å². The summed E-state index contributed by atoms with van der Waals surface area (Å²) in [4.78, 5) is 25.7. The zero-order valence-electron chi connectivity index (χ0n) is 12.8. The lowest BCUT2D eigenvalue weighted by Gasteiger charge is -2.39. The molecule has 0 bridgehead atoms. The van der Waals surface area contributed by atoms with Gasteiger partial charge in [0.05, 0.1) is 6.61 Å². The van der Waals surface area contributed by atoms with Crippen LogP contribution in [0.15, 0.2) is 18.2 Å². The predicted molar refractivity (Wildman–Crippen MR) is 78.2 cm³/mol. The van der Waals surface area contributed by atoms with Crippen LogP contribution in [0.2, 0.25) is 0 Å². The monoisotopic (exact) mass is 309 g/mol. The Hall–Kier alpha value is -1.95. The largest absolute Gasteiger partial charge is 0.481 e. The highest BCUT2D eigenvalue weighted by Crippen LogP contribution is 2.31. The molecule has 2 rings (SSSR count). The van der Waals surface area contributed by atoms with Gasteiger partial charge in [0, 0.05) is 25.8 Å². The zero-order chi connectivity index (χ0) is 16.3. The van der Waals surface area contributed by atoms with E-state index >= 15 is 0 Å². The van der Waals surface area contributed by atoms with E-state index in [0.717, 1.165) is 0 Å². The molecule has 1 saturated heterocycles. The highest BCUT2D eigenvalue weighted by atomic mass is 19.1. The molecule has 1 aromatic carbocycles. The molecule has 1 aliphatic rings. The minimum atomic E-state index is -1.07. The molecule has 22 heavy (non-hydrogen) atoms. The number of amides is 1. The molecule has 1 atom stereocenters. The number of likely N-dealkylation sites (tertiary alicyclic amines) is 1. The van der Waals surface area contributed by atoms with Crippen molar-refractivity contribution in [3.63, 3.8) is 0 Å². The van der Waals surface area contributed by atoms with Gasteiger partial charge in [0.2, 0.25) is 0 Å². The summed E-state index contributed by atoms with van der Waals surface area (Å²) in [7, 11) is 1.45. The summed E-state index contributed by atoms with van der Waals surface area (Å²) in [6.45, 7) is 2.25. The molecule has 0 aromatic heterocycles. The number of aryl methyl sites for hydroxylation is 1. The first-order valence-corrected chi connectivity index (χ1v) is 7.17. The first-order chi connectivity index (χ1) is 10.4. The maximum Gasteiger partial charge on any atom is 0.313 e. The van der Waals surface area contributed by atoms with Crippen molar-refractivity contribution in [2.45, 2.75) is 19.8 Å². The average molecular weight is 309 g/mol. The zero-order valence-corrected chi connectivity index (χ0v) is 12.8. The maximum atomic E-state index is 13.3. The van der Waals surface area contributed by atoms with Crippen LogP contribution in [0, 0.1) is 18.2 Å². The number of rotatable bonds is 4. The van der Waals surface area contributed by atoms with Crippen LogP contribution in [0.4, 0.5) is 4.39 Å². The number of hydrogen-bond donors (Lipinski definition) is 1. The number of benzene rings is 1. The summed E-state index contributed by atoms with van der Waals surface area (Å²) in [5.74, 6) is -1.60. The molecule has 0 spiro atoms. The predicted octanol–water partition coefficient (Wildman–Crippen LogP) is 2.09. The van der Waals surface area contributed by atoms with Crippen LogP contribution in [0.5, 0.6) is 0 Å². The van der Waals surface area contributed by atoms with Crippen molar-refractivity contribution in [3.05, 3.63) is 35.1 Å². The van der Waals surface area contributed by atoms with Crippen LogP contribution in [-0.2, 0) is 9.53 Å². The number of piperidine rings is 1. The molecule has 0 aliphatic carbocycles. The third kappa shape index (κ3) is 3.11. The molecule has 1 unspecified atom stereocenters. The maximum absolute atomic E-state index is 13.3. The first kappa shape index (κ1) is 16.4. The second-order valence-electron chi connectivity index (χ2n) is 5.81. The molecule has 1 aromatic rings. The van der Waals surface area contributed by atoms with Crippen molar-refractivity contribution in [1.29, 1.82) is 0 Å². The molecule has 1 aliphatic heterocycles. The summed E-state index contributed by atoms with van der Waals surface area (Å²) in [6, 6.07) is 4.18. The second kappa shape index (κ2) is 6.44. The summed E-state index contributed by atoms with van der Waals surface area (Å²) in [6.07, 6.45) is 1.07. The lowest BCUT2D eigenvalue weighted by atomic mass is 9.80. The Morgan fingerprint density at radius 1 is 1.45 bits per heavy atom. The first-order valence-electron chi connectivity index (χ1n) is 7.17. The number of nitrogens with zero attached hydrogens (tertiary/aromatic N) is 1. The van der Waals surface area contributed by atoms with Gasteiger partial charge >= 0.3 is 5.97 Å². The second-order valence-corrected chi connectivity index (χ2v) is 5.81. The Bertz CT molecular complexity index is 586. The number of carbonyl (C=O) groups excluding carboxylic acids is 1. The van der Waals surface area contributed by atoms with Crippen LogP contribution in [0.3, 0.4) is 0 Å². The van der Waals surface area contributed by atoms with Crippen LogP contribution in [0.25, 0.3) is 0 Å². The smallest absolute Gasteiger partial charge is 0.313 e. The van der Waals surface area contributed by atoms with Gasteiger partial charge in [-0.1, -0.05) is 0 Å². The van der Waals surface area contributed by atoms with E-state index in [1.165, 1.54) is 30.2 Å². The van der Waals surface area contributed by atoms with Crippen molar-refractivity contribution in [1.82, 2.24) is 4.90 Å². The fourth-order valence-corrected chi connectivity index (χ4v) is 2.90. The van der Waals surface area contributed by atoms with Gasteiger partial charge in [-0.25, -0.2) is 4.39 Å². The third-order valence-electron chi connectivity index (χ3n) is 4.14. The van der Waals surface area contributed by atoms with E-state index in [2.05, 4.69) is 0 Å². The third-order valence-corrected chi connectivity index (χ3v) is 4.14. The molecular formula is C16H20FNO4. The van der Waals surface area contributed by atoms with E-state index in [1.807, 2.05) is 0 Å². The summed E-state index contributed by atoms with van der Waals surface area (Å²) in [5, 5.41) is 9.50. The Labute approximate surface area is 128 Å². The fraction of sp³-hybridized carbons (Fsp3) is 0.500. The van der Waals surface area contributed by atoms with Gasteiger partial charge in [0.25, 0.3) is 5.91 Å². The lowest BCUT2D eigenvalue weighted by Crippen LogP contribution is -2.52. The molecule has 120 valence electrons. The average Bonchev–Trinajstić information content (AvgIpc) is 2.49. The van der Waals surface area contributed by atoms with Crippen LogP contribution in [0.1, 0.15) is 28.8 Å². The Morgan fingerprint density at radius 2 is 2.18 bits per heavy atom. The number of halogens is 1. The number of hydrogen-bond acceptors (Lipinski definition) is 3. The minimum absolute atomic E-state index is 0.0640. The number of aliphatic carboxylic acids is 1. The fourth-order valence-electron chi connectivity index (χ4n) is 2.90. The van der Waals surface area contributed by atoms with Crippen molar-refractivity contribution >= 4 is 11.9 Å². The van der Waals surface area contributed by atoms with Crippen molar-refractivity contribution in [2.24, 2.45) is 5.41 Å². The molecule has 0 saturated carbocycles. The summed E-state index contributed by atoms with van der Waals surface area (Å²) < 4.78 is 18.4. The van der Waals surface area contributed by atoms with E-state index in [4.69, 9.17) is 4.74 Å². The standard InChI is InChI=1S/C16H20FNO4/c1-11-8-12(4-5-13(11)17)14(19)18-7-3-6-16(9-18,10-22-2)15(20)21/h4-5,8H,3,6-7,9-10H2,1-2H3,(H,20,21). The molecule has 1 fully saturated rings. The summed E-state index contributed by atoms with van der Waals surface area (Å²) >= 11 is 0. The van der Waals surface area contributed by atoms with E-state index in [0.29, 0.717) is 30.5 Å². The topological polar surface area (TPSA) is 66.8 Å². The van der Waals surface area contributed by atoms with Gasteiger partial charge < -0.3 is 14.7 Å². The normalized spacial score (nSPS) is 21.7. The van der Waals surface area contributed by atoms with Gasteiger partial charge in [-0.3, -0.25) is 9.59 Å². The van der Waals surface area contributed by atoms with Gasteiger partial charge in [-0.2, -0.15) is 0 Å². The number of carboxylic acids is 1.